The maximum Gasteiger partial charge on any atom is 0.223 e. The van der Waals surface area contributed by atoms with Crippen LogP contribution < -0.4 is 5.73 Å². The first kappa shape index (κ1) is 12.9. The lowest BCUT2D eigenvalue weighted by atomic mass is 10.1. The molecule has 0 aliphatic carbocycles. The number of nitrogen functional groups attached to an aromatic ring is 1. The van der Waals surface area contributed by atoms with Crippen LogP contribution in [0, 0.1) is 0 Å². The molecule has 0 bridgehead atoms. The second-order valence-corrected chi connectivity index (χ2v) is 4.63. The summed E-state index contributed by atoms with van der Waals surface area (Å²) in [6.45, 7) is 0.425. The van der Waals surface area contributed by atoms with Crippen LogP contribution in [-0.2, 0) is 11.2 Å². The minimum atomic E-state index is -0.823. The Morgan fingerprint density at radius 3 is 2.50 bits per heavy atom. The monoisotopic (exact) mass is 250 g/mol. The molecule has 1 aliphatic heterocycles. The molecule has 2 unspecified atom stereocenters. The van der Waals surface area contributed by atoms with E-state index >= 15 is 0 Å². The molecule has 5 heteroatoms. The molecule has 0 radical (unpaired) electrons. The van der Waals surface area contributed by atoms with Gasteiger partial charge in [0.2, 0.25) is 5.91 Å². The van der Waals surface area contributed by atoms with Gasteiger partial charge in [-0.25, -0.2) is 0 Å². The summed E-state index contributed by atoms with van der Waals surface area (Å²) in [7, 11) is 0. The van der Waals surface area contributed by atoms with E-state index in [4.69, 9.17) is 5.73 Å². The van der Waals surface area contributed by atoms with Crippen molar-refractivity contribution in [2.75, 3.05) is 18.8 Å². The number of benzene rings is 1. The summed E-state index contributed by atoms with van der Waals surface area (Å²) in [6, 6.07) is 7.45. The summed E-state index contributed by atoms with van der Waals surface area (Å²) < 4.78 is 0. The third-order valence-electron chi connectivity index (χ3n) is 3.28. The normalized spacial score (nSPS) is 23.3. The van der Waals surface area contributed by atoms with Gasteiger partial charge in [-0.15, -0.1) is 0 Å². The highest BCUT2D eigenvalue weighted by Crippen LogP contribution is 2.15. The second-order valence-electron chi connectivity index (χ2n) is 4.63. The van der Waals surface area contributed by atoms with Crippen LogP contribution in [0.25, 0.3) is 0 Å². The molecule has 0 spiro atoms. The zero-order valence-electron chi connectivity index (χ0n) is 10.1. The number of nitrogens with zero attached hydrogens (tertiary/aromatic N) is 1. The van der Waals surface area contributed by atoms with Crippen molar-refractivity contribution in [3.05, 3.63) is 29.8 Å². The van der Waals surface area contributed by atoms with Gasteiger partial charge < -0.3 is 20.8 Å². The van der Waals surface area contributed by atoms with Gasteiger partial charge in [-0.05, 0) is 18.1 Å². The highest BCUT2D eigenvalue weighted by Gasteiger charge is 2.32. The fourth-order valence-electron chi connectivity index (χ4n) is 2.13. The Labute approximate surface area is 106 Å². The molecule has 1 heterocycles. The third-order valence-corrected chi connectivity index (χ3v) is 3.28. The molecule has 0 aromatic heterocycles. The van der Waals surface area contributed by atoms with E-state index in [0.29, 0.717) is 18.5 Å². The number of rotatable bonds is 3. The van der Waals surface area contributed by atoms with Crippen molar-refractivity contribution in [1.82, 2.24) is 4.90 Å². The van der Waals surface area contributed by atoms with E-state index in [9.17, 15) is 15.0 Å². The standard InChI is InChI=1S/C13H18N2O3/c14-10-4-2-1-3-9(10)5-6-13(18)15-7-11(16)12(17)8-15/h1-4,11-12,16-17H,5-8,14H2. The number of amides is 1. The molecule has 98 valence electrons. The Bertz CT molecular complexity index is 426. The van der Waals surface area contributed by atoms with Gasteiger partial charge in [0.05, 0.1) is 12.2 Å². The summed E-state index contributed by atoms with van der Waals surface area (Å²) in [5.41, 5.74) is 7.44. The van der Waals surface area contributed by atoms with Gasteiger partial charge in [-0.3, -0.25) is 4.79 Å². The van der Waals surface area contributed by atoms with E-state index in [2.05, 4.69) is 0 Å². The second kappa shape index (κ2) is 5.37. The molecule has 1 aromatic carbocycles. The molecule has 1 fully saturated rings. The van der Waals surface area contributed by atoms with Crippen LogP contribution in [0.1, 0.15) is 12.0 Å². The minimum absolute atomic E-state index is 0.0612. The number of aryl methyl sites for hydroxylation is 1. The molecular weight excluding hydrogens is 232 g/mol. The van der Waals surface area contributed by atoms with Gasteiger partial charge in [-0.1, -0.05) is 18.2 Å². The smallest absolute Gasteiger partial charge is 0.223 e. The average molecular weight is 250 g/mol. The van der Waals surface area contributed by atoms with Gasteiger partial charge in [0.15, 0.2) is 0 Å². The zero-order valence-corrected chi connectivity index (χ0v) is 10.1. The highest BCUT2D eigenvalue weighted by atomic mass is 16.3. The number of nitrogens with two attached hydrogens (primary N) is 1. The van der Waals surface area contributed by atoms with Crippen LogP contribution >= 0.6 is 0 Å². The van der Waals surface area contributed by atoms with Gasteiger partial charge in [-0.2, -0.15) is 0 Å². The first-order chi connectivity index (χ1) is 8.58. The van der Waals surface area contributed by atoms with Crippen molar-refractivity contribution in [1.29, 1.82) is 0 Å². The number of hydrogen-bond donors (Lipinski definition) is 3. The van der Waals surface area contributed by atoms with Crippen molar-refractivity contribution in [2.24, 2.45) is 0 Å². The molecular formula is C13H18N2O3. The number of carbonyl (C=O) groups is 1. The van der Waals surface area contributed by atoms with Crippen LogP contribution in [-0.4, -0.2) is 46.3 Å². The summed E-state index contributed by atoms with van der Waals surface area (Å²) in [5.74, 6) is -0.0612. The minimum Gasteiger partial charge on any atom is -0.399 e. The van der Waals surface area contributed by atoms with E-state index in [-0.39, 0.29) is 19.0 Å². The quantitative estimate of drug-likeness (QED) is 0.646. The molecule has 1 aromatic rings. The zero-order chi connectivity index (χ0) is 13.1. The first-order valence-corrected chi connectivity index (χ1v) is 6.05. The van der Waals surface area contributed by atoms with Crippen molar-refractivity contribution >= 4 is 11.6 Å². The molecule has 2 rings (SSSR count). The Morgan fingerprint density at radius 2 is 1.89 bits per heavy atom. The number of aliphatic hydroxyl groups excluding tert-OH is 2. The van der Waals surface area contributed by atoms with E-state index in [1.165, 1.54) is 4.90 Å². The molecule has 4 N–H and O–H groups in total. The van der Waals surface area contributed by atoms with Crippen molar-refractivity contribution in [3.8, 4) is 0 Å². The lowest BCUT2D eigenvalue weighted by molar-refractivity contribution is -0.130. The van der Waals surface area contributed by atoms with Crippen LogP contribution in [0.5, 0.6) is 0 Å². The number of anilines is 1. The van der Waals surface area contributed by atoms with Gasteiger partial charge in [0, 0.05) is 25.2 Å². The maximum atomic E-state index is 11.9. The predicted molar refractivity (Wildman–Crippen MR) is 67.8 cm³/mol. The molecule has 0 saturated carbocycles. The summed E-state index contributed by atoms with van der Waals surface area (Å²) in [6.07, 6.45) is -0.728. The SMILES string of the molecule is Nc1ccccc1CCC(=O)N1CC(O)C(O)C1. The molecule has 2 atom stereocenters. The van der Waals surface area contributed by atoms with Crippen molar-refractivity contribution < 1.29 is 15.0 Å². The molecule has 1 amide bonds. The fraction of sp³-hybridized carbons (Fsp3) is 0.462. The number of carbonyl (C=O) groups excluding carboxylic acids is 1. The molecule has 1 saturated heterocycles. The summed E-state index contributed by atoms with van der Waals surface area (Å²) >= 11 is 0. The number of β-amino-alcohol motifs (C(OH)–C–C–N with tert-alkyl or cyclic N) is 2. The fourth-order valence-corrected chi connectivity index (χ4v) is 2.13. The number of para-hydroxylation sites is 1. The largest absolute Gasteiger partial charge is 0.399 e. The van der Waals surface area contributed by atoms with E-state index < -0.39 is 12.2 Å². The Hall–Kier alpha value is -1.59. The number of hydrogen-bond acceptors (Lipinski definition) is 4. The Kier molecular flexibility index (Phi) is 3.84. The number of aliphatic hydroxyl groups is 2. The van der Waals surface area contributed by atoms with Crippen molar-refractivity contribution in [3.63, 3.8) is 0 Å². The third kappa shape index (κ3) is 2.80. The maximum absolute atomic E-state index is 11.9. The lowest BCUT2D eigenvalue weighted by Gasteiger charge is -2.15. The van der Waals surface area contributed by atoms with Gasteiger partial charge >= 0.3 is 0 Å². The first-order valence-electron chi connectivity index (χ1n) is 6.05. The molecule has 1 aliphatic rings. The van der Waals surface area contributed by atoms with Crippen LogP contribution in [0.2, 0.25) is 0 Å². The summed E-state index contributed by atoms with van der Waals surface area (Å²) in [5, 5.41) is 18.8. The lowest BCUT2D eigenvalue weighted by Crippen LogP contribution is -2.30. The van der Waals surface area contributed by atoms with Crippen molar-refractivity contribution in [2.45, 2.75) is 25.0 Å². The van der Waals surface area contributed by atoms with Crippen LogP contribution in [0.4, 0.5) is 5.69 Å². The van der Waals surface area contributed by atoms with E-state index in [1.54, 1.807) is 0 Å². The number of likely N-dealkylation sites (tertiary alicyclic amines) is 1. The average Bonchev–Trinajstić information content (AvgIpc) is 2.68. The molecule has 18 heavy (non-hydrogen) atoms. The highest BCUT2D eigenvalue weighted by molar-refractivity contribution is 5.77. The van der Waals surface area contributed by atoms with Gasteiger partial charge in [0.25, 0.3) is 0 Å². The Balaban J connectivity index is 1.88. The summed E-state index contributed by atoms with van der Waals surface area (Å²) in [4.78, 5) is 13.4. The van der Waals surface area contributed by atoms with Gasteiger partial charge in [0.1, 0.15) is 0 Å². The predicted octanol–water partition coefficient (Wildman–Crippen LogP) is -0.235. The Morgan fingerprint density at radius 1 is 1.28 bits per heavy atom. The molecule has 5 nitrogen and oxygen atoms in total. The van der Waals surface area contributed by atoms with Crippen LogP contribution in [0.15, 0.2) is 24.3 Å². The van der Waals surface area contributed by atoms with E-state index in [0.717, 1.165) is 5.56 Å². The topological polar surface area (TPSA) is 86.8 Å². The van der Waals surface area contributed by atoms with E-state index in [1.807, 2.05) is 24.3 Å². The van der Waals surface area contributed by atoms with Crippen LogP contribution in [0.3, 0.4) is 0 Å².